The van der Waals surface area contributed by atoms with E-state index in [0.29, 0.717) is 17.0 Å². The van der Waals surface area contributed by atoms with Crippen molar-refractivity contribution in [1.29, 1.82) is 0 Å². The van der Waals surface area contributed by atoms with Crippen molar-refractivity contribution >= 4 is 23.6 Å². The monoisotopic (exact) mass is 455 g/mol. The Bertz CT molecular complexity index is 909. The Morgan fingerprint density at radius 2 is 1.78 bits per heavy atom. The zero-order valence-corrected chi connectivity index (χ0v) is 19.2. The summed E-state index contributed by atoms with van der Waals surface area (Å²) >= 11 is 6.12. The minimum atomic E-state index is -0.557. The Labute approximate surface area is 194 Å². The third-order valence-electron chi connectivity index (χ3n) is 6.71. The van der Waals surface area contributed by atoms with Crippen LogP contribution < -0.4 is 0 Å². The molecule has 0 unspecified atom stereocenters. The standard InChI is InChI=1S/C26H30ClNO4/c1-2-31-22-14-10-19(11-15-22)23(18-8-12-21(27)13-9-18)16-25(29)28-24(17-32-26(28)30)20-6-4-3-5-7-20/h3-9,12-13,19,22-24H,2,10-11,14-17H2,1H3/t19?,22?,23-,24-/m1/s1. The van der Waals surface area contributed by atoms with E-state index in [2.05, 4.69) is 0 Å². The number of imide groups is 1. The first-order valence-corrected chi connectivity index (χ1v) is 11.9. The van der Waals surface area contributed by atoms with Crippen LogP contribution in [-0.4, -0.2) is 36.2 Å². The molecular weight excluding hydrogens is 426 g/mol. The largest absolute Gasteiger partial charge is 0.446 e. The molecule has 0 aromatic heterocycles. The van der Waals surface area contributed by atoms with E-state index < -0.39 is 6.09 Å². The first-order chi connectivity index (χ1) is 15.6. The van der Waals surface area contributed by atoms with Gasteiger partial charge in [0, 0.05) is 18.1 Å². The highest BCUT2D eigenvalue weighted by atomic mass is 35.5. The average molecular weight is 456 g/mol. The smallest absolute Gasteiger partial charge is 0.417 e. The average Bonchev–Trinajstić information content (AvgIpc) is 3.21. The molecule has 1 saturated carbocycles. The molecule has 2 aromatic rings. The molecule has 0 spiro atoms. The highest BCUT2D eigenvalue weighted by molar-refractivity contribution is 6.30. The molecule has 1 aliphatic carbocycles. The van der Waals surface area contributed by atoms with Gasteiger partial charge in [-0.15, -0.1) is 0 Å². The molecule has 4 rings (SSSR count). The van der Waals surface area contributed by atoms with Crippen LogP contribution in [0.1, 0.15) is 62.1 Å². The minimum Gasteiger partial charge on any atom is -0.446 e. The Hall–Kier alpha value is -2.37. The van der Waals surface area contributed by atoms with E-state index in [1.54, 1.807) is 0 Å². The second kappa shape index (κ2) is 10.5. The number of ether oxygens (including phenoxy) is 2. The van der Waals surface area contributed by atoms with Gasteiger partial charge in [0.05, 0.1) is 6.10 Å². The lowest BCUT2D eigenvalue weighted by atomic mass is 9.74. The van der Waals surface area contributed by atoms with Crippen LogP contribution in [0.25, 0.3) is 0 Å². The van der Waals surface area contributed by atoms with Crippen LogP contribution in [0, 0.1) is 5.92 Å². The Morgan fingerprint density at radius 3 is 2.44 bits per heavy atom. The minimum absolute atomic E-state index is 0.0205. The summed E-state index contributed by atoms with van der Waals surface area (Å²) in [6, 6.07) is 17.0. The van der Waals surface area contributed by atoms with E-state index in [1.807, 2.05) is 61.5 Å². The normalized spacial score (nSPS) is 24.2. The molecule has 5 nitrogen and oxygen atoms in total. The first-order valence-electron chi connectivity index (χ1n) is 11.5. The molecule has 1 saturated heterocycles. The van der Waals surface area contributed by atoms with Gasteiger partial charge >= 0.3 is 6.09 Å². The topological polar surface area (TPSA) is 55.8 Å². The maximum atomic E-state index is 13.5. The van der Waals surface area contributed by atoms with E-state index in [9.17, 15) is 9.59 Å². The van der Waals surface area contributed by atoms with Gasteiger partial charge in [-0.2, -0.15) is 0 Å². The number of hydrogen-bond donors (Lipinski definition) is 0. The lowest BCUT2D eigenvalue weighted by Crippen LogP contribution is -2.36. The molecule has 1 aliphatic heterocycles. The Morgan fingerprint density at radius 1 is 1.09 bits per heavy atom. The third-order valence-corrected chi connectivity index (χ3v) is 6.96. The van der Waals surface area contributed by atoms with Crippen LogP contribution in [-0.2, 0) is 14.3 Å². The molecule has 1 heterocycles. The summed E-state index contributed by atoms with van der Waals surface area (Å²) < 4.78 is 11.1. The quantitative estimate of drug-likeness (QED) is 0.504. The van der Waals surface area contributed by atoms with Gasteiger partial charge in [-0.05, 0) is 67.7 Å². The Kier molecular flexibility index (Phi) is 7.48. The van der Waals surface area contributed by atoms with Crippen molar-refractivity contribution in [1.82, 2.24) is 4.90 Å². The maximum absolute atomic E-state index is 13.5. The van der Waals surface area contributed by atoms with Gasteiger partial charge < -0.3 is 9.47 Å². The van der Waals surface area contributed by atoms with Gasteiger partial charge in [-0.25, -0.2) is 9.69 Å². The number of carbonyl (C=O) groups excluding carboxylic acids is 2. The number of carbonyl (C=O) groups is 2. The molecule has 32 heavy (non-hydrogen) atoms. The lowest BCUT2D eigenvalue weighted by Gasteiger charge is -2.34. The van der Waals surface area contributed by atoms with Crippen molar-refractivity contribution in [3.05, 3.63) is 70.7 Å². The molecule has 0 radical (unpaired) electrons. The summed E-state index contributed by atoms with van der Waals surface area (Å²) in [5.41, 5.74) is 2.00. The van der Waals surface area contributed by atoms with Crippen molar-refractivity contribution in [2.45, 2.75) is 57.1 Å². The molecule has 2 aliphatic rings. The fourth-order valence-corrected chi connectivity index (χ4v) is 5.19. The van der Waals surface area contributed by atoms with Crippen LogP contribution in [0.15, 0.2) is 54.6 Å². The molecule has 2 amide bonds. The van der Waals surface area contributed by atoms with E-state index in [-0.39, 0.29) is 30.9 Å². The van der Waals surface area contributed by atoms with Crippen LogP contribution >= 0.6 is 11.6 Å². The molecule has 2 atom stereocenters. The number of nitrogens with zero attached hydrogens (tertiary/aromatic N) is 1. The van der Waals surface area contributed by atoms with Gasteiger partial charge in [-0.3, -0.25) is 4.79 Å². The molecule has 2 aromatic carbocycles. The highest BCUT2D eigenvalue weighted by Crippen LogP contribution is 2.40. The zero-order chi connectivity index (χ0) is 22.5. The van der Waals surface area contributed by atoms with E-state index >= 15 is 0 Å². The molecule has 6 heteroatoms. The van der Waals surface area contributed by atoms with Gasteiger partial charge in [0.25, 0.3) is 0 Å². The maximum Gasteiger partial charge on any atom is 0.417 e. The Balaban J connectivity index is 1.54. The molecule has 2 fully saturated rings. The van der Waals surface area contributed by atoms with E-state index in [0.717, 1.165) is 43.4 Å². The molecular formula is C26H30ClNO4. The predicted molar refractivity (Wildman–Crippen MR) is 124 cm³/mol. The SMILES string of the molecule is CCOC1CCC([C@H](CC(=O)N2C(=O)OC[C@@H]2c2ccccc2)c2ccc(Cl)cc2)CC1. The summed E-state index contributed by atoms with van der Waals surface area (Å²) in [6.45, 7) is 2.95. The zero-order valence-electron chi connectivity index (χ0n) is 18.4. The summed E-state index contributed by atoms with van der Waals surface area (Å²) in [5.74, 6) is 0.186. The van der Waals surface area contributed by atoms with Crippen molar-refractivity contribution in [2.24, 2.45) is 5.92 Å². The number of hydrogen-bond acceptors (Lipinski definition) is 4. The number of cyclic esters (lactones) is 1. The summed E-state index contributed by atoms with van der Waals surface area (Å²) in [4.78, 5) is 27.3. The molecule has 170 valence electrons. The van der Waals surface area contributed by atoms with Crippen LogP contribution in [0.2, 0.25) is 5.02 Å². The second-order valence-corrected chi connectivity index (χ2v) is 9.06. The van der Waals surface area contributed by atoms with Gasteiger partial charge in [0.15, 0.2) is 0 Å². The highest BCUT2D eigenvalue weighted by Gasteiger charge is 2.40. The number of rotatable bonds is 7. The van der Waals surface area contributed by atoms with Crippen molar-refractivity contribution in [2.75, 3.05) is 13.2 Å². The molecule has 0 N–H and O–H groups in total. The fourth-order valence-electron chi connectivity index (χ4n) is 5.06. The summed E-state index contributed by atoms with van der Waals surface area (Å²) in [7, 11) is 0. The summed E-state index contributed by atoms with van der Waals surface area (Å²) in [6.07, 6.45) is 4.00. The fraction of sp³-hybridized carbons (Fsp3) is 0.462. The molecule has 0 bridgehead atoms. The van der Waals surface area contributed by atoms with Crippen molar-refractivity contribution < 1.29 is 19.1 Å². The van der Waals surface area contributed by atoms with Gasteiger partial charge in [-0.1, -0.05) is 54.1 Å². The van der Waals surface area contributed by atoms with Crippen LogP contribution in [0.5, 0.6) is 0 Å². The van der Waals surface area contributed by atoms with E-state index in [1.165, 1.54) is 4.90 Å². The number of benzene rings is 2. The van der Waals surface area contributed by atoms with Crippen molar-refractivity contribution in [3.8, 4) is 0 Å². The number of halogens is 1. The van der Waals surface area contributed by atoms with Crippen molar-refractivity contribution in [3.63, 3.8) is 0 Å². The number of amides is 2. The first kappa shape index (κ1) is 22.8. The van der Waals surface area contributed by atoms with Gasteiger partial charge in [0.2, 0.25) is 5.91 Å². The van der Waals surface area contributed by atoms with E-state index in [4.69, 9.17) is 21.1 Å². The van der Waals surface area contributed by atoms with Crippen LogP contribution in [0.4, 0.5) is 4.79 Å². The second-order valence-electron chi connectivity index (χ2n) is 8.62. The lowest BCUT2D eigenvalue weighted by molar-refractivity contribution is -0.130. The third kappa shape index (κ3) is 5.16. The predicted octanol–water partition coefficient (Wildman–Crippen LogP) is 6.13. The summed E-state index contributed by atoms with van der Waals surface area (Å²) in [5, 5.41) is 0.672. The van der Waals surface area contributed by atoms with Gasteiger partial charge in [0.1, 0.15) is 12.6 Å². The van der Waals surface area contributed by atoms with Crippen LogP contribution in [0.3, 0.4) is 0 Å².